The van der Waals surface area contributed by atoms with E-state index in [4.69, 9.17) is 0 Å². The third-order valence-corrected chi connectivity index (χ3v) is 6.53. The van der Waals surface area contributed by atoms with Gasteiger partial charge >= 0.3 is 0 Å². The molecule has 0 radical (unpaired) electrons. The maximum absolute atomic E-state index is 11.5. The van der Waals surface area contributed by atoms with E-state index in [0.717, 1.165) is 25.7 Å². The molecule has 0 bridgehead atoms. The van der Waals surface area contributed by atoms with Crippen molar-refractivity contribution in [2.75, 3.05) is 0 Å². The van der Waals surface area contributed by atoms with Gasteiger partial charge in [0.25, 0.3) is 0 Å². The number of nitrogens with zero attached hydrogens (tertiary/aromatic N) is 1. The monoisotopic (exact) mass is 250 g/mol. The number of allylic oxidation sites excluding steroid dienone is 2. The Morgan fingerprint density at radius 3 is 1.53 bits per heavy atom. The lowest BCUT2D eigenvalue weighted by molar-refractivity contribution is 0.593. The van der Waals surface area contributed by atoms with Gasteiger partial charge in [0.1, 0.15) is 20.0 Å². The van der Waals surface area contributed by atoms with Gasteiger partial charge in [0.15, 0.2) is 0 Å². The van der Waals surface area contributed by atoms with Crippen molar-refractivity contribution < 1.29 is 16.8 Å². The molecule has 0 spiro atoms. The van der Waals surface area contributed by atoms with Crippen molar-refractivity contribution in [3.63, 3.8) is 0 Å². The Labute approximate surface area is 89.7 Å². The molecule has 0 aromatic heterocycles. The molecule has 1 heterocycles. The molecule has 1 aliphatic carbocycles. The highest BCUT2D eigenvalue weighted by atomic mass is 32.3. The van der Waals surface area contributed by atoms with Crippen LogP contribution in [0.3, 0.4) is 0 Å². The topological polar surface area (TPSA) is 82.4 Å². The molecule has 0 fully saturated rings. The second kappa shape index (κ2) is 3.57. The number of rotatable bonds is 0. The van der Waals surface area contributed by atoms with Gasteiger partial charge < -0.3 is 4.13 Å². The van der Waals surface area contributed by atoms with Crippen LogP contribution in [0.25, 0.3) is 4.13 Å². The molecule has 0 atom stereocenters. The van der Waals surface area contributed by atoms with Crippen LogP contribution >= 0.6 is 0 Å². The maximum atomic E-state index is 11.5. The summed E-state index contributed by atoms with van der Waals surface area (Å²) in [6.45, 7) is 0. The van der Waals surface area contributed by atoms with Crippen molar-refractivity contribution in [3.05, 3.63) is 13.9 Å². The van der Waals surface area contributed by atoms with E-state index >= 15 is 0 Å². The fourth-order valence-electron chi connectivity index (χ4n) is 1.97. The second-order valence-corrected chi connectivity index (χ2v) is 7.27. The molecule has 2 rings (SSSR count). The number of sulfonamides is 2. The quantitative estimate of drug-likeness (QED) is 0.653. The predicted octanol–water partition coefficient (Wildman–Crippen LogP) is 1.60. The summed E-state index contributed by atoms with van der Waals surface area (Å²) in [7, 11) is -7.76. The molecule has 1 aliphatic heterocycles. The average Bonchev–Trinajstić information content (AvgIpc) is 2.13. The minimum atomic E-state index is -3.88. The Balaban J connectivity index is 2.55. The zero-order valence-corrected chi connectivity index (χ0v) is 9.77. The standard InChI is InChI=1S/C8H12NO4S2/c10-14(11)7-5-3-1-2-4-6-8(7)15(12,13)9-14/h1-6H2/q-1. The summed E-state index contributed by atoms with van der Waals surface area (Å²) in [6, 6.07) is 0. The van der Waals surface area contributed by atoms with Crippen molar-refractivity contribution in [1.29, 1.82) is 0 Å². The molecular formula is C8H12NO4S2-. The van der Waals surface area contributed by atoms with Crippen LogP contribution in [0, 0.1) is 0 Å². The van der Waals surface area contributed by atoms with E-state index in [2.05, 4.69) is 4.13 Å². The lowest BCUT2D eigenvalue weighted by Gasteiger charge is -2.11. The Morgan fingerprint density at radius 1 is 0.733 bits per heavy atom. The zero-order chi connectivity index (χ0) is 11.1. The van der Waals surface area contributed by atoms with Crippen LogP contribution in [0.5, 0.6) is 0 Å². The summed E-state index contributed by atoms with van der Waals surface area (Å²) in [5, 5.41) is 0. The van der Waals surface area contributed by atoms with Crippen molar-refractivity contribution >= 4 is 20.0 Å². The largest absolute Gasteiger partial charge is 0.428 e. The normalized spacial score (nSPS) is 29.3. The van der Waals surface area contributed by atoms with E-state index in [1.165, 1.54) is 0 Å². The average molecular weight is 250 g/mol. The summed E-state index contributed by atoms with van der Waals surface area (Å²) < 4.78 is 48.8. The van der Waals surface area contributed by atoms with Gasteiger partial charge in [-0.05, 0) is 25.7 Å². The van der Waals surface area contributed by atoms with Crippen LogP contribution in [0.1, 0.15) is 38.5 Å². The van der Waals surface area contributed by atoms with E-state index in [1.807, 2.05) is 0 Å². The van der Waals surface area contributed by atoms with Gasteiger partial charge in [-0.2, -0.15) is 0 Å². The van der Waals surface area contributed by atoms with E-state index in [9.17, 15) is 16.8 Å². The van der Waals surface area contributed by atoms with E-state index in [1.54, 1.807) is 0 Å². The highest BCUT2D eigenvalue weighted by Gasteiger charge is 2.30. The van der Waals surface area contributed by atoms with Crippen molar-refractivity contribution in [2.45, 2.75) is 38.5 Å². The Kier molecular flexibility index (Phi) is 2.64. The molecule has 2 aliphatic rings. The van der Waals surface area contributed by atoms with Crippen LogP contribution < -0.4 is 0 Å². The van der Waals surface area contributed by atoms with Crippen LogP contribution in [0.2, 0.25) is 0 Å². The smallest absolute Gasteiger partial charge is 0.109 e. The second-order valence-electron chi connectivity index (χ2n) is 3.79. The van der Waals surface area contributed by atoms with E-state index < -0.39 is 20.0 Å². The van der Waals surface area contributed by atoms with Gasteiger partial charge in [0.2, 0.25) is 0 Å². The van der Waals surface area contributed by atoms with Crippen molar-refractivity contribution in [3.8, 4) is 0 Å². The Bertz CT molecular complexity index is 455. The molecule has 7 heteroatoms. The molecule has 0 amide bonds. The number of hydrogen-bond donors (Lipinski definition) is 0. The van der Waals surface area contributed by atoms with E-state index in [0.29, 0.717) is 12.8 Å². The predicted molar refractivity (Wildman–Crippen MR) is 55.9 cm³/mol. The first-order valence-corrected chi connectivity index (χ1v) is 7.78. The molecular weight excluding hydrogens is 238 g/mol. The molecule has 86 valence electrons. The summed E-state index contributed by atoms with van der Waals surface area (Å²) in [4.78, 5) is 0.0874. The zero-order valence-electron chi connectivity index (χ0n) is 8.14. The summed E-state index contributed by atoms with van der Waals surface area (Å²) in [5.74, 6) is 0. The first kappa shape index (κ1) is 11.1. The SMILES string of the molecule is O=S1(=O)[N-]S(=O)(=O)C2=C1CCCCCC2. The van der Waals surface area contributed by atoms with Gasteiger partial charge in [0, 0.05) is 9.81 Å². The van der Waals surface area contributed by atoms with Gasteiger partial charge in [-0.3, -0.25) is 0 Å². The van der Waals surface area contributed by atoms with Gasteiger partial charge in [0.05, 0.1) is 0 Å². The molecule has 0 saturated carbocycles. The molecule has 5 nitrogen and oxygen atoms in total. The lowest BCUT2D eigenvalue weighted by Crippen LogP contribution is -2.00. The minimum Gasteiger partial charge on any atom is -0.428 e. The van der Waals surface area contributed by atoms with Gasteiger partial charge in [-0.25, -0.2) is 16.8 Å². The fourth-order valence-corrected chi connectivity index (χ4v) is 5.94. The highest BCUT2D eigenvalue weighted by Crippen LogP contribution is 2.41. The van der Waals surface area contributed by atoms with Crippen LogP contribution in [0.4, 0.5) is 0 Å². The van der Waals surface area contributed by atoms with Crippen LogP contribution in [-0.4, -0.2) is 16.8 Å². The Morgan fingerprint density at radius 2 is 1.13 bits per heavy atom. The molecule has 0 saturated heterocycles. The van der Waals surface area contributed by atoms with Crippen LogP contribution in [0.15, 0.2) is 9.81 Å². The molecule has 0 aromatic rings. The van der Waals surface area contributed by atoms with Crippen molar-refractivity contribution in [2.24, 2.45) is 0 Å². The summed E-state index contributed by atoms with van der Waals surface area (Å²) >= 11 is 0. The van der Waals surface area contributed by atoms with Gasteiger partial charge in [-0.15, -0.1) is 0 Å². The summed E-state index contributed by atoms with van der Waals surface area (Å²) in [6.07, 6.45) is 3.99. The third kappa shape index (κ3) is 1.95. The van der Waals surface area contributed by atoms with Gasteiger partial charge in [-0.1, -0.05) is 12.8 Å². The van der Waals surface area contributed by atoms with Crippen molar-refractivity contribution in [1.82, 2.24) is 0 Å². The summed E-state index contributed by atoms with van der Waals surface area (Å²) in [5.41, 5.74) is 0. The van der Waals surface area contributed by atoms with Crippen LogP contribution in [-0.2, 0) is 20.0 Å². The number of hydrogen-bond acceptors (Lipinski definition) is 4. The molecule has 15 heavy (non-hydrogen) atoms. The van der Waals surface area contributed by atoms with E-state index in [-0.39, 0.29) is 9.81 Å². The molecule has 0 unspecified atom stereocenters. The fraction of sp³-hybridized carbons (Fsp3) is 0.750. The minimum absolute atomic E-state index is 0.0437. The first-order chi connectivity index (χ1) is 6.93. The molecule has 0 N–H and O–H groups in total. The highest BCUT2D eigenvalue weighted by molar-refractivity contribution is 8.18. The third-order valence-electron chi connectivity index (χ3n) is 2.69. The lowest BCUT2D eigenvalue weighted by atomic mass is 10.1. The Hall–Kier alpha value is -0.400. The first-order valence-electron chi connectivity index (χ1n) is 4.90. The molecule has 0 aromatic carbocycles. The maximum Gasteiger partial charge on any atom is 0.109 e.